The Morgan fingerprint density at radius 1 is 0.750 bits per heavy atom. The Hall–Kier alpha value is -1.80. The molecule has 0 aliphatic carbocycles. The Kier molecular flexibility index (Phi) is 4.34. The summed E-state index contributed by atoms with van der Waals surface area (Å²) in [5.41, 5.74) is 2.65. The summed E-state index contributed by atoms with van der Waals surface area (Å²) in [5.74, 6) is 0. The second-order valence-corrected chi connectivity index (χ2v) is 5.39. The van der Waals surface area contributed by atoms with Crippen molar-refractivity contribution in [3.8, 4) is 0 Å². The van der Waals surface area contributed by atoms with Gasteiger partial charge in [-0.15, -0.1) is 0 Å². The summed E-state index contributed by atoms with van der Waals surface area (Å²) < 4.78 is 0. The van der Waals surface area contributed by atoms with Gasteiger partial charge in [-0.2, -0.15) is 0 Å². The summed E-state index contributed by atoms with van der Waals surface area (Å²) in [4.78, 5) is 0. The molecule has 20 heavy (non-hydrogen) atoms. The molecule has 1 heterocycles. The van der Waals surface area contributed by atoms with Crippen LogP contribution in [0.2, 0.25) is 0 Å². The third-order valence-electron chi connectivity index (χ3n) is 3.90. The van der Waals surface area contributed by atoms with Crippen LogP contribution in [0, 0.1) is 0 Å². The quantitative estimate of drug-likeness (QED) is 0.822. The van der Waals surface area contributed by atoms with Gasteiger partial charge in [0.05, 0.1) is 12.2 Å². The summed E-state index contributed by atoms with van der Waals surface area (Å²) in [5, 5.41) is 4.94. The molecule has 2 aromatic carbocycles. The first-order valence-corrected chi connectivity index (χ1v) is 7.55. The third kappa shape index (κ3) is 3.20. The molecule has 0 spiro atoms. The maximum atomic E-state index is 2.51. The van der Waals surface area contributed by atoms with Crippen LogP contribution in [0.25, 0.3) is 0 Å². The Morgan fingerprint density at radius 3 is 2.00 bits per heavy atom. The molecule has 2 heteroatoms. The number of para-hydroxylation sites is 1. The largest absolute Gasteiger partial charge is 0.301 e. The summed E-state index contributed by atoms with van der Waals surface area (Å²) >= 11 is 0. The normalized spacial score (nSPS) is 16.0. The fourth-order valence-corrected chi connectivity index (χ4v) is 2.83. The van der Waals surface area contributed by atoms with Crippen molar-refractivity contribution in [3.05, 3.63) is 66.2 Å². The number of hydrogen-bond acceptors (Lipinski definition) is 2. The molecule has 1 saturated heterocycles. The number of benzene rings is 2. The summed E-state index contributed by atoms with van der Waals surface area (Å²) in [7, 11) is 0. The van der Waals surface area contributed by atoms with Crippen molar-refractivity contribution in [2.75, 3.05) is 18.1 Å². The number of hydrogen-bond donors (Lipinski definition) is 0. The maximum Gasteiger partial charge on any atom is 0.0597 e. The highest BCUT2D eigenvalue weighted by Gasteiger charge is 2.18. The molecule has 0 radical (unpaired) electrons. The van der Waals surface area contributed by atoms with E-state index in [1.807, 2.05) is 0 Å². The fourth-order valence-electron chi connectivity index (χ4n) is 2.83. The van der Waals surface area contributed by atoms with Crippen molar-refractivity contribution < 1.29 is 0 Å². The molecule has 0 aromatic heterocycles. The lowest BCUT2D eigenvalue weighted by Crippen LogP contribution is -2.45. The first kappa shape index (κ1) is 13.2. The van der Waals surface area contributed by atoms with E-state index >= 15 is 0 Å². The second-order valence-electron chi connectivity index (χ2n) is 5.39. The van der Waals surface area contributed by atoms with Crippen molar-refractivity contribution >= 4 is 5.69 Å². The van der Waals surface area contributed by atoms with E-state index in [-0.39, 0.29) is 0 Å². The molecular weight excluding hydrogens is 244 g/mol. The molecular formula is C18H22N2. The topological polar surface area (TPSA) is 6.48 Å². The molecule has 0 saturated carbocycles. The minimum absolute atomic E-state index is 0.949. The van der Waals surface area contributed by atoms with E-state index in [1.54, 1.807) is 0 Å². The van der Waals surface area contributed by atoms with Crippen LogP contribution in [0.4, 0.5) is 5.69 Å². The summed E-state index contributed by atoms with van der Waals surface area (Å²) in [6.07, 6.45) is 3.97. The summed E-state index contributed by atoms with van der Waals surface area (Å²) in [6.45, 7) is 3.29. The molecule has 104 valence electrons. The second kappa shape index (κ2) is 6.58. The Bertz CT molecular complexity index is 503. The van der Waals surface area contributed by atoms with Crippen LogP contribution in [-0.2, 0) is 6.54 Å². The molecule has 0 unspecified atom stereocenters. The van der Waals surface area contributed by atoms with Crippen LogP contribution in [0.5, 0.6) is 0 Å². The van der Waals surface area contributed by atoms with Gasteiger partial charge in [0, 0.05) is 13.1 Å². The van der Waals surface area contributed by atoms with Gasteiger partial charge in [0.15, 0.2) is 0 Å². The minimum atomic E-state index is 0.949. The highest BCUT2D eigenvalue weighted by molar-refractivity contribution is 5.45. The highest BCUT2D eigenvalue weighted by Crippen LogP contribution is 2.22. The molecule has 2 nitrogen and oxygen atoms in total. The van der Waals surface area contributed by atoms with Gasteiger partial charge in [-0.05, 0) is 30.5 Å². The first-order chi connectivity index (χ1) is 9.93. The Labute approximate surface area is 121 Å². The predicted molar refractivity (Wildman–Crippen MR) is 84.5 cm³/mol. The zero-order chi connectivity index (χ0) is 13.6. The lowest BCUT2D eigenvalue weighted by molar-refractivity contribution is 0.205. The first-order valence-electron chi connectivity index (χ1n) is 7.55. The van der Waals surface area contributed by atoms with Crippen LogP contribution in [0.1, 0.15) is 24.8 Å². The predicted octanol–water partition coefficient (Wildman–Crippen LogP) is 4.09. The lowest BCUT2D eigenvalue weighted by Gasteiger charge is -2.39. The molecule has 3 rings (SSSR count). The van der Waals surface area contributed by atoms with Gasteiger partial charge in [-0.25, -0.2) is 5.01 Å². The standard InChI is InChI=1S/C18H22N2/c1-4-10-17(11-5-1)16-20(18-12-6-2-7-13-18)19-14-8-3-9-15-19/h1-2,4-7,10-13H,3,8-9,14-16H2. The number of rotatable bonds is 4. The van der Waals surface area contributed by atoms with E-state index in [2.05, 4.69) is 70.7 Å². The third-order valence-corrected chi connectivity index (χ3v) is 3.90. The minimum Gasteiger partial charge on any atom is -0.301 e. The van der Waals surface area contributed by atoms with Crippen LogP contribution >= 0.6 is 0 Å². The van der Waals surface area contributed by atoms with Crippen LogP contribution in [0.15, 0.2) is 60.7 Å². The lowest BCUT2D eigenvalue weighted by atomic mass is 10.1. The van der Waals surface area contributed by atoms with Gasteiger partial charge < -0.3 is 5.01 Å². The van der Waals surface area contributed by atoms with E-state index in [4.69, 9.17) is 0 Å². The molecule has 0 bridgehead atoms. The SMILES string of the molecule is c1ccc(CN(c2ccccc2)N2CCCCC2)cc1. The molecule has 0 N–H and O–H groups in total. The van der Waals surface area contributed by atoms with Gasteiger partial charge in [-0.3, -0.25) is 0 Å². The van der Waals surface area contributed by atoms with E-state index in [0.717, 1.165) is 6.54 Å². The van der Waals surface area contributed by atoms with Gasteiger partial charge in [0.2, 0.25) is 0 Å². The average molecular weight is 266 g/mol. The van der Waals surface area contributed by atoms with E-state index in [1.165, 1.54) is 43.6 Å². The van der Waals surface area contributed by atoms with Crippen molar-refractivity contribution in [3.63, 3.8) is 0 Å². The monoisotopic (exact) mass is 266 g/mol. The molecule has 2 aromatic rings. The van der Waals surface area contributed by atoms with Crippen molar-refractivity contribution in [1.29, 1.82) is 0 Å². The number of anilines is 1. The fraction of sp³-hybridized carbons (Fsp3) is 0.333. The zero-order valence-electron chi connectivity index (χ0n) is 11.9. The van der Waals surface area contributed by atoms with Crippen LogP contribution < -0.4 is 5.01 Å². The number of piperidine rings is 1. The van der Waals surface area contributed by atoms with Crippen molar-refractivity contribution in [1.82, 2.24) is 5.01 Å². The maximum absolute atomic E-state index is 2.51. The van der Waals surface area contributed by atoms with Gasteiger partial charge in [-0.1, -0.05) is 55.0 Å². The van der Waals surface area contributed by atoms with Gasteiger partial charge in [0.1, 0.15) is 0 Å². The smallest absolute Gasteiger partial charge is 0.0597 e. The van der Waals surface area contributed by atoms with E-state index < -0.39 is 0 Å². The van der Waals surface area contributed by atoms with Crippen LogP contribution in [-0.4, -0.2) is 18.1 Å². The summed E-state index contributed by atoms with van der Waals surface area (Å²) in [6, 6.07) is 21.5. The Balaban J connectivity index is 1.83. The van der Waals surface area contributed by atoms with Crippen LogP contribution in [0.3, 0.4) is 0 Å². The average Bonchev–Trinajstić information content (AvgIpc) is 2.55. The molecule has 1 fully saturated rings. The number of hydrazine groups is 1. The van der Waals surface area contributed by atoms with Crippen molar-refractivity contribution in [2.24, 2.45) is 0 Å². The molecule has 0 amide bonds. The van der Waals surface area contributed by atoms with E-state index in [9.17, 15) is 0 Å². The Morgan fingerprint density at radius 2 is 1.35 bits per heavy atom. The van der Waals surface area contributed by atoms with E-state index in [0.29, 0.717) is 0 Å². The molecule has 0 atom stereocenters. The molecule has 1 aliphatic rings. The highest BCUT2D eigenvalue weighted by atomic mass is 15.6. The van der Waals surface area contributed by atoms with Gasteiger partial charge >= 0.3 is 0 Å². The molecule has 1 aliphatic heterocycles. The van der Waals surface area contributed by atoms with Crippen molar-refractivity contribution in [2.45, 2.75) is 25.8 Å². The van der Waals surface area contributed by atoms with Gasteiger partial charge in [0.25, 0.3) is 0 Å². The zero-order valence-corrected chi connectivity index (χ0v) is 11.9. The number of nitrogens with zero attached hydrogens (tertiary/aromatic N) is 2.